The van der Waals surface area contributed by atoms with E-state index in [4.69, 9.17) is 16.3 Å². The van der Waals surface area contributed by atoms with Crippen LogP contribution in [-0.4, -0.2) is 23.2 Å². The third kappa shape index (κ3) is 1.71. The number of thiophene rings is 1. The summed E-state index contributed by atoms with van der Waals surface area (Å²) < 4.78 is 5.35. The highest BCUT2D eigenvalue weighted by atomic mass is 35.5. The lowest BCUT2D eigenvalue weighted by Gasteiger charge is -2.06. The fourth-order valence-corrected chi connectivity index (χ4v) is 3.12. The SMILES string of the molecule is Cc1cc2c(Cl)nc(C3CCOC3)nc2s1. The summed E-state index contributed by atoms with van der Waals surface area (Å²) in [5.74, 6) is 1.14. The fraction of sp³-hybridized carbons (Fsp3) is 0.455. The highest BCUT2D eigenvalue weighted by Gasteiger charge is 2.22. The minimum Gasteiger partial charge on any atom is -0.381 e. The number of hydrogen-bond donors (Lipinski definition) is 0. The van der Waals surface area contributed by atoms with E-state index in [2.05, 4.69) is 16.9 Å². The number of ether oxygens (including phenoxy) is 1. The Morgan fingerprint density at radius 1 is 1.50 bits per heavy atom. The zero-order valence-electron chi connectivity index (χ0n) is 8.86. The number of hydrogen-bond acceptors (Lipinski definition) is 4. The van der Waals surface area contributed by atoms with E-state index in [0.29, 0.717) is 17.7 Å². The molecule has 0 aliphatic carbocycles. The second kappa shape index (κ2) is 3.95. The molecule has 0 aromatic carbocycles. The van der Waals surface area contributed by atoms with Crippen LogP contribution < -0.4 is 0 Å². The Hall–Kier alpha value is -0.710. The molecule has 84 valence electrons. The molecule has 3 heterocycles. The Kier molecular flexibility index (Phi) is 2.58. The first-order valence-electron chi connectivity index (χ1n) is 5.25. The van der Waals surface area contributed by atoms with E-state index in [1.54, 1.807) is 11.3 Å². The van der Waals surface area contributed by atoms with Gasteiger partial charge in [-0.2, -0.15) is 0 Å². The van der Waals surface area contributed by atoms with E-state index >= 15 is 0 Å². The molecule has 1 aliphatic rings. The smallest absolute Gasteiger partial charge is 0.141 e. The summed E-state index contributed by atoms with van der Waals surface area (Å²) in [6.07, 6.45) is 0.992. The molecule has 16 heavy (non-hydrogen) atoms. The van der Waals surface area contributed by atoms with E-state index in [0.717, 1.165) is 29.1 Å². The molecule has 0 amide bonds. The van der Waals surface area contributed by atoms with E-state index in [1.807, 2.05) is 6.07 Å². The van der Waals surface area contributed by atoms with Crippen molar-refractivity contribution in [2.45, 2.75) is 19.3 Å². The largest absolute Gasteiger partial charge is 0.381 e. The normalized spacial score (nSPS) is 20.8. The van der Waals surface area contributed by atoms with Crippen LogP contribution >= 0.6 is 22.9 Å². The maximum absolute atomic E-state index is 6.17. The van der Waals surface area contributed by atoms with E-state index in [-0.39, 0.29) is 0 Å². The van der Waals surface area contributed by atoms with Crippen LogP contribution in [0.3, 0.4) is 0 Å². The van der Waals surface area contributed by atoms with Gasteiger partial charge in [0, 0.05) is 22.8 Å². The van der Waals surface area contributed by atoms with Crippen molar-refractivity contribution in [3.05, 3.63) is 21.9 Å². The first kappa shape index (κ1) is 10.4. The van der Waals surface area contributed by atoms with Crippen LogP contribution in [0.25, 0.3) is 10.2 Å². The number of aryl methyl sites for hydroxylation is 1. The molecule has 0 radical (unpaired) electrons. The third-order valence-corrected chi connectivity index (χ3v) is 4.01. The molecule has 3 nitrogen and oxygen atoms in total. The fourth-order valence-electron chi connectivity index (χ4n) is 1.94. The van der Waals surface area contributed by atoms with Crippen LogP contribution in [0.2, 0.25) is 5.15 Å². The van der Waals surface area contributed by atoms with Gasteiger partial charge in [0.2, 0.25) is 0 Å². The number of rotatable bonds is 1. The van der Waals surface area contributed by atoms with Crippen molar-refractivity contribution < 1.29 is 4.74 Å². The molecule has 1 atom stereocenters. The molecule has 1 aliphatic heterocycles. The van der Waals surface area contributed by atoms with Crippen molar-refractivity contribution in [1.82, 2.24) is 9.97 Å². The molecule has 0 bridgehead atoms. The van der Waals surface area contributed by atoms with Gasteiger partial charge in [-0.1, -0.05) is 11.6 Å². The lowest BCUT2D eigenvalue weighted by molar-refractivity contribution is 0.193. The van der Waals surface area contributed by atoms with Gasteiger partial charge in [-0.05, 0) is 19.4 Å². The molecule has 3 rings (SSSR count). The predicted octanol–water partition coefficient (Wildman–Crippen LogP) is 3.16. The minimum atomic E-state index is 0.310. The Balaban J connectivity index is 2.12. The molecule has 0 saturated carbocycles. The van der Waals surface area contributed by atoms with Crippen LogP contribution in [-0.2, 0) is 4.74 Å². The van der Waals surface area contributed by atoms with Gasteiger partial charge < -0.3 is 4.74 Å². The van der Waals surface area contributed by atoms with E-state index in [9.17, 15) is 0 Å². The summed E-state index contributed by atoms with van der Waals surface area (Å²) >= 11 is 7.83. The topological polar surface area (TPSA) is 35.0 Å². The van der Waals surface area contributed by atoms with Crippen molar-refractivity contribution in [2.24, 2.45) is 0 Å². The first-order valence-corrected chi connectivity index (χ1v) is 6.45. The second-order valence-corrected chi connectivity index (χ2v) is 5.60. The zero-order chi connectivity index (χ0) is 11.1. The number of halogens is 1. The van der Waals surface area contributed by atoms with Crippen molar-refractivity contribution in [1.29, 1.82) is 0 Å². The minimum absolute atomic E-state index is 0.310. The summed E-state index contributed by atoms with van der Waals surface area (Å²) in [4.78, 5) is 11.2. The quantitative estimate of drug-likeness (QED) is 0.734. The van der Waals surface area contributed by atoms with Crippen LogP contribution in [0.1, 0.15) is 23.0 Å². The average molecular weight is 255 g/mol. The van der Waals surface area contributed by atoms with Crippen LogP contribution in [0.5, 0.6) is 0 Å². The van der Waals surface area contributed by atoms with Crippen molar-refractivity contribution in [3.63, 3.8) is 0 Å². The van der Waals surface area contributed by atoms with Gasteiger partial charge in [-0.25, -0.2) is 9.97 Å². The highest BCUT2D eigenvalue weighted by molar-refractivity contribution is 7.18. The lowest BCUT2D eigenvalue weighted by atomic mass is 10.1. The molecule has 1 fully saturated rings. The molecule has 5 heteroatoms. The second-order valence-electron chi connectivity index (χ2n) is 4.01. The molecule has 1 unspecified atom stereocenters. The maximum atomic E-state index is 6.17. The molecule has 2 aromatic rings. The van der Waals surface area contributed by atoms with Gasteiger partial charge in [-0.15, -0.1) is 11.3 Å². The molecule has 0 spiro atoms. The molecule has 1 saturated heterocycles. The predicted molar refractivity (Wildman–Crippen MR) is 65.3 cm³/mol. The molecule has 2 aromatic heterocycles. The lowest BCUT2D eigenvalue weighted by Crippen LogP contribution is -2.03. The standard InChI is InChI=1S/C11H11ClN2OS/c1-6-4-8-9(12)13-10(14-11(8)16-6)7-2-3-15-5-7/h4,7H,2-3,5H2,1H3. The van der Waals surface area contributed by atoms with E-state index in [1.165, 1.54) is 4.88 Å². The molecular weight excluding hydrogens is 244 g/mol. The van der Waals surface area contributed by atoms with Crippen LogP contribution in [0, 0.1) is 6.92 Å². The Labute approximate surface area is 102 Å². The number of aromatic nitrogens is 2. The van der Waals surface area contributed by atoms with Gasteiger partial charge in [0.1, 0.15) is 15.8 Å². The summed E-state index contributed by atoms with van der Waals surface area (Å²) in [5.41, 5.74) is 0. The molecular formula is C11H11ClN2OS. The van der Waals surface area contributed by atoms with Gasteiger partial charge in [0.15, 0.2) is 0 Å². The maximum Gasteiger partial charge on any atom is 0.141 e. The highest BCUT2D eigenvalue weighted by Crippen LogP contribution is 2.31. The van der Waals surface area contributed by atoms with Gasteiger partial charge >= 0.3 is 0 Å². The summed E-state index contributed by atoms with van der Waals surface area (Å²) in [5, 5.41) is 1.53. The number of nitrogens with zero attached hydrogens (tertiary/aromatic N) is 2. The first-order chi connectivity index (χ1) is 7.74. The number of fused-ring (bicyclic) bond motifs is 1. The van der Waals surface area contributed by atoms with Gasteiger partial charge in [-0.3, -0.25) is 0 Å². The van der Waals surface area contributed by atoms with Crippen molar-refractivity contribution in [3.8, 4) is 0 Å². The van der Waals surface area contributed by atoms with E-state index < -0.39 is 0 Å². The monoisotopic (exact) mass is 254 g/mol. The van der Waals surface area contributed by atoms with Crippen LogP contribution in [0.4, 0.5) is 0 Å². The van der Waals surface area contributed by atoms with Crippen LogP contribution in [0.15, 0.2) is 6.07 Å². The Morgan fingerprint density at radius 2 is 2.38 bits per heavy atom. The zero-order valence-corrected chi connectivity index (χ0v) is 10.4. The van der Waals surface area contributed by atoms with Crippen molar-refractivity contribution in [2.75, 3.05) is 13.2 Å². The van der Waals surface area contributed by atoms with Gasteiger partial charge in [0.05, 0.1) is 6.61 Å². The Morgan fingerprint density at radius 3 is 3.12 bits per heavy atom. The van der Waals surface area contributed by atoms with Gasteiger partial charge in [0.25, 0.3) is 0 Å². The summed E-state index contributed by atoms with van der Waals surface area (Å²) in [6.45, 7) is 3.57. The summed E-state index contributed by atoms with van der Waals surface area (Å²) in [7, 11) is 0. The third-order valence-electron chi connectivity index (χ3n) is 2.78. The Bertz CT molecular complexity index is 534. The molecule has 0 N–H and O–H groups in total. The summed E-state index contributed by atoms with van der Waals surface area (Å²) in [6, 6.07) is 2.04. The average Bonchev–Trinajstić information content (AvgIpc) is 2.84. The van der Waals surface area contributed by atoms with Crippen molar-refractivity contribution >= 4 is 33.2 Å².